The maximum Gasteiger partial charge on any atom is 0.187 e. The average Bonchev–Trinajstić information content (AvgIpc) is 0.767. The molecule has 9 aromatic rings. The van der Waals surface area contributed by atoms with Gasteiger partial charge in [-0.05, 0) is 68.8 Å². The predicted molar refractivity (Wildman–Crippen MR) is 372 cm³/mol. The van der Waals surface area contributed by atoms with Crippen LogP contribution < -0.4 is 0 Å². The quantitative estimate of drug-likeness (QED) is 0.0351. The maximum absolute atomic E-state index is 10.4. The zero-order valence-corrected chi connectivity index (χ0v) is 55.8. The number of rotatable bonds is 34. The van der Waals surface area contributed by atoms with Crippen molar-refractivity contribution >= 4 is 11.8 Å². The van der Waals surface area contributed by atoms with Gasteiger partial charge in [0.1, 0.15) is 66.4 Å². The Bertz CT molecular complexity index is 3710. The van der Waals surface area contributed by atoms with Gasteiger partial charge in [0.25, 0.3) is 0 Å². The average molecular weight is 1340 g/mol. The Kier molecular flexibility index (Phi) is 26.8. The van der Waals surface area contributed by atoms with Crippen LogP contribution in [-0.4, -0.2) is 104 Å². The largest absolute Gasteiger partial charge is 0.374 e. The normalized spacial score (nSPS) is 25.5. The first-order valence-electron chi connectivity index (χ1n) is 33.6. The van der Waals surface area contributed by atoms with Crippen LogP contribution in [0.25, 0.3) is 0 Å². The maximum atomic E-state index is 10.4. The second-order valence-electron chi connectivity index (χ2n) is 24.5. The molecule has 98 heavy (non-hydrogen) atoms. The highest BCUT2D eigenvalue weighted by Crippen LogP contribution is 2.41. The lowest BCUT2D eigenvalue weighted by Crippen LogP contribution is -2.67. The van der Waals surface area contributed by atoms with E-state index in [0.717, 1.165) is 61.8 Å². The van der Waals surface area contributed by atoms with E-state index in [1.54, 1.807) is 0 Å². The van der Waals surface area contributed by atoms with E-state index in [-0.39, 0.29) is 72.7 Å². The Morgan fingerprint density at radius 1 is 0.286 bits per heavy atom. The van der Waals surface area contributed by atoms with Gasteiger partial charge in [-0.1, -0.05) is 273 Å². The molecule has 508 valence electrons. The molecule has 0 N–H and O–H groups in total. The summed E-state index contributed by atoms with van der Waals surface area (Å²) in [4.78, 5) is 0. The highest BCUT2D eigenvalue weighted by Gasteiger charge is 2.57. The van der Waals surface area contributed by atoms with Crippen molar-refractivity contribution in [1.82, 2.24) is 0 Å². The van der Waals surface area contributed by atoms with Crippen LogP contribution >= 0.6 is 11.8 Å². The predicted octanol–water partition coefficient (Wildman–Crippen LogP) is 14.7. The molecule has 0 unspecified atom stereocenters. The molecular weight excluding hydrogens is 1250 g/mol. The molecule has 0 amide bonds. The second-order valence-corrected chi connectivity index (χ2v) is 25.5. The molecule has 0 aliphatic carbocycles. The van der Waals surface area contributed by atoms with Gasteiger partial charge in [0.05, 0.1) is 84.0 Å². The monoisotopic (exact) mass is 1340 g/mol. The molecule has 16 heteroatoms. The van der Waals surface area contributed by atoms with Crippen molar-refractivity contribution in [3.63, 3.8) is 0 Å². The van der Waals surface area contributed by atoms with E-state index in [2.05, 4.69) is 5.40 Å². The van der Waals surface area contributed by atoms with Gasteiger partial charge in [-0.2, -0.15) is 5.26 Å². The van der Waals surface area contributed by atoms with Gasteiger partial charge >= 0.3 is 0 Å². The Labute approximate surface area is 579 Å². The van der Waals surface area contributed by atoms with Crippen LogP contribution in [0.1, 0.15) is 57.0 Å². The lowest BCUT2D eigenvalue weighted by Gasteiger charge is -2.51. The van der Waals surface area contributed by atoms with Crippen molar-refractivity contribution in [1.29, 1.82) is 5.26 Å². The number of hydrogen-bond acceptors (Lipinski definition) is 16. The molecule has 3 saturated heterocycles. The first kappa shape index (κ1) is 70.1. The fraction of sp³-hybridized carbons (Fsp3) is 0.329. The molecule has 0 bridgehead atoms. The third-order valence-electron chi connectivity index (χ3n) is 17.4. The van der Waals surface area contributed by atoms with E-state index in [1.165, 1.54) is 0 Å². The number of nitriles is 1. The minimum atomic E-state index is -1.27. The highest BCUT2D eigenvalue weighted by atomic mass is 32.2. The van der Waals surface area contributed by atoms with Crippen LogP contribution in [0.5, 0.6) is 0 Å². The van der Waals surface area contributed by atoms with E-state index >= 15 is 0 Å². The fourth-order valence-corrected chi connectivity index (χ4v) is 13.1. The number of thioether (sulfide) groups is 1. The van der Waals surface area contributed by atoms with Crippen LogP contribution in [0, 0.1) is 10.7 Å². The van der Waals surface area contributed by atoms with Crippen LogP contribution in [0.4, 0.5) is 0 Å². The van der Waals surface area contributed by atoms with E-state index in [4.69, 9.17) is 66.3 Å². The van der Waals surface area contributed by atoms with Crippen molar-refractivity contribution in [2.45, 2.75) is 158 Å². The summed E-state index contributed by atoms with van der Waals surface area (Å²) in [6.45, 7) is 3.68. The van der Waals surface area contributed by atoms with Crippen molar-refractivity contribution in [2.24, 2.45) is 0 Å². The Morgan fingerprint density at radius 2 is 0.531 bits per heavy atom. The lowest BCUT2D eigenvalue weighted by molar-refractivity contribution is -0.390. The van der Waals surface area contributed by atoms with Crippen LogP contribution in [0.3, 0.4) is 0 Å². The molecule has 15 nitrogen and oxygen atoms in total. The molecule has 0 radical (unpaired) electrons. The molecule has 3 fully saturated rings. The zero-order chi connectivity index (χ0) is 66.8. The molecule has 0 saturated carbocycles. The van der Waals surface area contributed by atoms with Crippen molar-refractivity contribution in [2.75, 3.05) is 13.2 Å². The summed E-state index contributed by atoms with van der Waals surface area (Å²) in [6, 6.07) is 89.8. The van der Waals surface area contributed by atoms with Gasteiger partial charge < -0.3 is 66.3 Å². The zero-order valence-electron chi connectivity index (χ0n) is 55.0. The Morgan fingerprint density at radius 3 is 0.847 bits per heavy atom. The summed E-state index contributed by atoms with van der Waals surface area (Å²) in [5.74, 6) is 0. The number of hydrogen-bond donors (Lipinski definition) is 0. The number of nitrogens with zero attached hydrogens (tertiary/aromatic N) is 1. The van der Waals surface area contributed by atoms with Crippen molar-refractivity contribution in [3.05, 3.63) is 323 Å². The summed E-state index contributed by atoms with van der Waals surface area (Å²) in [7, 11) is 0. The molecule has 3 heterocycles. The van der Waals surface area contributed by atoms with Crippen LogP contribution in [-0.2, 0) is 126 Å². The van der Waals surface area contributed by atoms with Crippen molar-refractivity contribution < 1.29 is 66.3 Å². The Hall–Kier alpha value is -7.74. The third-order valence-corrected chi connectivity index (χ3v) is 18.5. The second kappa shape index (κ2) is 37.4. The van der Waals surface area contributed by atoms with Gasteiger partial charge in [-0.25, -0.2) is 0 Å². The standard InChI is InChI=1S/C82H85NO14S/c1-59-79(98-58-83)75(88-51-64-37-19-6-20-38-64)78(91-54-67-43-25-9-26-44-67)81(93-59)96-72-70(57-85-48-61-31-13-3-14-32-61)95-82(77(90-53-66-41-23-8-24-42-66)74(72)87-50-63-35-17-5-18-36-63)97-71-69(56-84-47-60-29-11-2-12-30-60)94-80(92-55-68-45-27-10-28-46-68)76(89-52-65-39-21-7-22-40-65)73(71)86-49-62-33-15-4-16-34-62/h2-46,59,69-82H,47-57H2,1H3/t59-,69-,70-,71-,72-,73+,74+,75-,76-,77-,78-,79-,80-,81-,82-/m1/s1. The minimum absolute atomic E-state index is 0.0222. The van der Waals surface area contributed by atoms with E-state index in [0.29, 0.717) is 0 Å². The first-order chi connectivity index (χ1) is 48.5. The molecule has 3 aliphatic rings. The van der Waals surface area contributed by atoms with E-state index < -0.39 is 91.3 Å². The fourth-order valence-electron chi connectivity index (χ4n) is 12.4. The summed E-state index contributed by atoms with van der Waals surface area (Å²) in [5.41, 5.74) is 8.40. The third kappa shape index (κ3) is 20.2. The Balaban J connectivity index is 0.973. The lowest BCUT2D eigenvalue weighted by atomic mass is 9.95. The van der Waals surface area contributed by atoms with Gasteiger partial charge in [0, 0.05) is 0 Å². The molecular formula is C82H85NO14S. The molecule has 9 aromatic carbocycles. The molecule has 0 aromatic heterocycles. The number of benzene rings is 9. The van der Waals surface area contributed by atoms with Gasteiger partial charge in [-0.3, -0.25) is 0 Å². The smallest absolute Gasteiger partial charge is 0.187 e. The molecule has 12 rings (SSSR count). The van der Waals surface area contributed by atoms with E-state index in [9.17, 15) is 5.26 Å². The summed E-state index contributed by atoms with van der Waals surface area (Å²) < 4.78 is 101. The van der Waals surface area contributed by atoms with Crippen LogP contribution in [0.2, 0.25) is 0 Å². The summed E-state index contributed by atoms with van der Waals surface area (Å²) >= 11 is 1.09. The highest BCUT2D eigenvalue weighted by molar-refractivity contribution is 8.04. The van der Waals surface area contributed by atoms with Crippen LogP contribution in [0.15, 0.2) is 273 Å². The summed E-state index contributed by atoms with van der Waals surface area (Å²) in [5, 5.41) is 12.3. The number of thiocyanates is 1. The van der Waals surface area contributed by atoms with Gasteiger partial charge in [0.2, 0.25) is 0 Å². The first-order valence-corrected chi connectivity index (χ1v) is 34.5. The van der Waals surface area contributed by atoms with Gasteiger partial charge in [-0.15, -0.1) is 0 Å². The molecule has 0 spiro atoms. The topological polar surface area (TPSA) is 153 Å². The minimum Gasteiger partial charge on any atom is -0.374 e. The molecule has 15 atom stereocenters. The van der Waals surface area contributed by atoms with E-state index in [1.807, 2.05) is 280 Å². The van der Waals surface area contributed by atoms with Gasteiger partial charge in [0.15, 0.2) is 18.9 Å². The number of ether oxygens (including phenoxy) is 14. The summed E-state index contributed by atoms with van der Waals surface area (Å²) in [6.07, 6.45) is -13.5. The van der Waals surface area contributed by atoms with Crippen molar-refractivity contribution in [3.8, 4) is 5.40 Å². The SMILES string of the molecule is C[C@H]1O[C@H](O[C@H]2[C@H](OCc3ccccc3)[C@@H](OCc3ccccc3)[C@@H](O[C@H]3[C@H](OCc4ccccc4)[C@@H](OCc4ccccc4)[C@H](OCc4ccccc4)O[C@@H]3COCc3ccccc3)O[C@@H]2COCc2ccccc2)[C@H](OCc2ccccc2)[C@@H](OCc2ccccc2)[C@@H]1SC#N. The molecule has 3 aliphatic heterocycles.